The molecule has 1 unspecified atom stereocenters. The third-order valence-electron chi connectivity index (χ3n) is 11.4. The van der Waals surface area contributed by atoms with Gasteiger partial charge >= 0.3 is 5.97 Å². The lowest BCUT2D eigenvalue weighted by atomic mass is 9.70. The SMILES string of the molecule is C=CCCC(=O)N[C@@H](COC)[C@@H](OC(=O)[C@H]1[C@@H]2O[C@@]3(CC2Br)[C@@H]1C(=O)N([C@H](CO)c1ccccc1)[C@@H]3C(=O)N(CC=C)CCN1CCOCC1)c1ccccc1. The summed E-state index contributed by atoms with van der Waals surface area (Å²) in [5.74, 6) is -3.97. The summed E-state index contributed by atoms with van der Waals surface area (Å²) in [5, 5.41) is 13.9. The number of carbonyl (C=O) groups is 4. The van der Waals surface area contributed by atoms with E-state index in [1.165, 1.54) is 12.0 Å². The van der Waals surface area contributed by atoms with E-state index in [1.54, 1.807) is 29.2 Å². The Kier molecular flexibility index (Phi) is 14.2. The number of halogens is 1. The standard InChI is InChI=1S/C42H53BrN4O9/c1-4-6-17-33(49)44-31(27-53-3)36(29-15-11-8-12-16-29)55-41(52)34-35-39(50)47(32(26-48)28-13-9-7-10-14-28)38(42(35)25-30(43)37(34)56-42)40(51)46(18-5-2)20-19-45-21-23-54-24-22-45/h4-5,7-16,30-32,34-38,48H,1-2,6,17-27H2,3H3,(H,44,49)/t30?,31-,32+,34+,35-,36-,37+,38+,42-/m0/s1. The molecule has 4 aliphatic rings. The number of methoxy groups -OCH3 is 1. The van der Waals surface area contributed by atoms with Crippen molar-refractivity contribution in [3.8, 4) is 0 Å². The fraction of sp³-hybridized carbons (Fsp3) is 0.524. The zero-order valence-corrected chi connectivity index (χ0v) is 33.5. The molecule has 4 fully saturated rings. The Hall–Kier alpha value is -3.92. The molecule has 2 N–H and O–H groups in total. The second kappa shape index (κ2) is 19.0. The fourth-order valence-corrected chi connectivity index (χ4v) is 9.76. The summed E-state index contributed by atoms with van der Waals surface area (Å²) >= 11 is 3.77. The highest BCUT2D eigenvalue weighted by Crippen LogP contribution is 2.61. The lowest BCUT2D eigenvalue weighted by molar-refractivity contribution is -0.163. The molecule has 0 radical (unpaired) electrons. The van der Waals surface area contributed by atoms with E-state index < -0.39 is 71.1 Å². The van der Waals surface area contributed by atoms with Crippen LogP contribution in [0.15, 0.2) is 86.0 Å². The Morgan fingerprint density at radius 3 is 2.38 bits per heavy atom. The number of aliphatic hydroxyl groups excluding tert-OH is 1. The molecule has 13 nitrogen and oxygen atoms in total. The minimum Gasteiger partial charge on any atom is -0.455 e. The molecule has 2 bridgehead atoms. The topological polar surface area (TPSA) is 147 Å². The van der Waals surface area contributed by atoms with Gasteiger partial charge in [0.2, 0.25) is 17.7 Å². The molecule has 1 spiro atoms. The van der Waals surface area contributed by atoms with Gasteiger partial charge in [0.15, 0.2) is 0 Å². The number of likely N-dealkylation sites (tertiary alicyclic amines) is 1. The smallest absolute Gasteiger partial charge is 0.313 e. The summed E-state index contributed by atoms with van der Waals surface area (Å²) in [6.45, 7) is 11.1. The third kappa shape index (κ3) is 8.51. The Bertz CT molecular complexity index is 1700. The highest BCUT2D eigenvalue weighted by Gasteiger charge is 2.77. The van der Waals surface area contributed by atoms with Crippen molar-refractivity contribution in [1.29, 1.82) is 0 Å². The first-order valence-corrected chi connectivity index (χ1v) is 20.2. The van der Waals surface area contributed by atoms with Crippen LogP contribution in [-0.2, 0) is 38.1 Å². The van der Waals surface area contributed by atoms with Gasteiger partial charge in [-0.2, -0.15) is 0 Å². The number of fused-ring (bicyclic) bond motifs is 1. The molecule has 302 valence electrons. The number of hydrogen-bond donors (Lipinski definition) is 2. The molecular formula is C42H53BrN4O9. The molecule has 3 amide bonds. The largest absolute Gasteiger partial charge is 0.455 e. The van der Waals surface area contributed by atoms with Crippen molar-refractivity contribution in [3.05, 3.63) is 97.1 Å². The number of rotatable bonds is 19. The van der Waals surface area contributed by atoms with Gasteiger partial charge in [-0.1, -0.05) is 88.7 Å². The molecule has 4 saturated heterocycles. The van der Waals surface area contributed by atoms with E-state index in [1.807, 2.05) is 48.5 Å². The minimum atomic E-state index is -1.41. The maximum atomic E-state index is 15.1. The fourth-order valence-electron chi connectivity index (χ4n) is 8.81. The van der Waals surface area contributed by atoms with Gasteiger partial charge in [0.1, 0.15) is 17.7 Å². The van der Waals surface area contributed by atoms with Gasteiger partial charge in [-0.05, 0) is 24.0 Å². The van der Waals surface area contributed by atoms with Crippen molar-refractivity contribution in [2.45, 2.75) is 60.0 Å². The molecule has 0 saturated carbocycles. The predicted molar refractivity (Wildman–Crippen MR) is 211 cm³/mol. The maximum Gasteiger partial charge on any atom is 0.313 e. The van der Waals surface area contributed by atoms with E-state index in [4.69, 9.17) is 18.9 Å². The van der Waals surface area contributed by atoms with Gasteiger partial charge in [0, 0.05) is 51.1 Å². The zero-order valence-electron chi connectivity index (χ0n) is 31.9. The summed E-state index contributed by atoms with van der Waals surface area (Å²) < 4.78 is 24.2. The van der Waals surface area contributed by atoms with Crippen molar-refractivity contribution in [1.82, 2.24) is 20.0 Å². The average Bonchev–Trinajstić information content (AvgIpc) is 3.82. The van der Waals surface area contributed by atoms with Crippen LogP contribution in [0.25, 0.3) is 0 Å². The first kappa shape index (κ1) is 41.7. The van der Waals surface area contributed by atoms with Crippen LogP contribution in [0.4, 0.5) is 0 Å². The second-order valence-electron chi connectivity index (χ2n) is 14.8. The molecule has 2 aromatic rings. The van der Waals surface area contributed by atoms with Gasteiger partial charge in [0.05, 0.1) is 56.5 Å². The van der Waals surface area contributed by atoms with E-state index in [-0.39, 0.29) is 37.8 Å². The number of amides is 3. The third-order valence-corrected chi connectivity index (χ3v) is 12.2. The number of carbonyl (C=O) groups excluding carboxylic acids is 4. The molecule has 4 aliphatic heterocycles. The normalized spacial score (nSPS) is 27.2. The van der Waals surface area contributed by atoms with E-state index in [0.717, 1.165) is 13.1 Å². The Morgan fingerprint density at radius 2 is 1.75 bits per heavy atom. The van der Waals surface area contributed by atoms with Crippen LogP contribution in [0.3, 0.4) is 0 Å². The van der Waals surface area contributed by atoms with Crippen molar-refractivity contribution >= 4 is 39.6 Å². The van der Waals surface area contributed by atoms with Crippen molar-refractivity contribution in [2.24, 2.45) is 11.8 Å². The van der Waals surface area contributed by atoms with E-state index >= 15 is 9.59 Å². The number of alkyl halides is 1. The molecule has 9 atom stereocenters. The Balaban J connectivity index is 1.37. The van der Waals surface area contributed by atoms with Crippen molar-refractivity contribution < 1.29 is 43.2 Å². The monoisotopic (exact) mass is 836 g/mol. The number of hydrogen-bond acceptors (Lipinski definition) is 10. The number of benzene rings is 2. The summed E-state index contributed by atoms with van der Waals surface area (Å²) in [6.07, 6.45) is 2.47. The van der Waals surface area contributed by atoms with Gasteiger partial charge < -0.3 is 39.2 Å². The molecule has 0 aliphatic carbocycles. The second-order valence-corrected chi connectivity index (χ2v) is 15.9. The zero-order chi connectivity index (χ0) is 39.8. The van der Waals surface area contributed by atoms with Crippen molar-refractivity contribution in [3.63, 3.8) is 0 Å². The quantitative estimate of drug-likeness (QED) is 0.123. The maximum absolute atomic E-state index is 15.1. The number of morpholine rings is 1. The molecule has 6 rings (SSSR count). The molecule has 14 heteroatoms. The number of allylic oxidation sites excluding steroid dienone is 1. The average molecular weight is 838 g/mol. The van der Waals surface area contributed by atoms with Gasteiger partial charge in [0.25, 0.3) is 0 Å². The highest BCUT2D eigenvalue weighted by molar-refractivity contribution is 9.09. The molecular weight excluding hydrogens is 784 g/mol. The van der Waals surface area contributed by atoms with E-state index in [9.17, 15) is 14.7 Å². The molecule has 0 aromatic heterocycles. The van der Waals surface area contributed by atoms with Crippen LogP contribution < -0.4 is 5.32 Å². The molecule has 56 heavy (non-hydrogen) atoms. The van der Waals surface area contributed by atoms with Gasteiger partial charge in [-0.25, -0.2) is 0 Å². The van der Waals surface area contributed by atoms with Crippen LogP contribution >= 0.6 is 15.9 Å². The molecule has 4 heterocycles. The van der Waals surface area contributed by atoms with Gasteiger partial charge in [-0.3, -0.25) is 24.1 Å². The van der Waals surface area contributed by atoms with Crippen molar-refractivity contribution in [2.75, 3.05) is 66.3 Å². The number of aliphatic hydroxyl groups is 1. The van der Waals surface area contributed by atoms with Crippen LogP contribution in [0.1, 0.15) is 42.5 Å². The Morgan fingerprint density at radius 1 is 1.07 bits per heavy atom. The lowest BCUT2D eigenvalue weighted by Gasteiger charge is -2.40. The first-order chi connectivity index (χ1) is 27.2. The number of ether oxygens (including phenoxy) is 4. The molecule has 2 aromatic carbocycles. The van der Waals surface area contributed by atoms with E-state index in [0.29, 0.717) is 43.9 Å². The Labute approximate surface area is 337 Å². The van der Waals surface area contributed by atoms with Crippen LogP contribution in [0, 0.1) is 11.8 Å². The predicted octanol–water partition coefficient (Wildman–Crippen LogP) is 3.20. The number of nitrogens with zero attached hydrogens (tertiary/aromatic N) is 3. The summed E-state index contributed by atoms with van der Waals surface area (Å²) in [7, 11) is 1.50. The van der Waals surface area contributed by atoms with E-state index in [2.05, 4.69) is 39.3 Å². The van der Waals surface area contributed by atoms with Crippen LogP contribution in [0.2, 0.25) is 0 Å². The summed E-state index contributed by atoms with van der Waals surface area (Å²) in [4.78, 5) is 63.0. The first-order valence-electron chi connectivity index (χ1n) is 19.3. The van der Waals surface area contributed by atoms with Crippen LogP contribution in [-0.4, -0.2) is 138 Å². The summed E-state index contributed by atoms with van der Waals surface area (Å²) in [6, 6.07) is 15.3. The lowest BCUT2D eigenvalue weighted by Crippen LogP contribution is -2.58. The summed E-state index contributed by atoms with van der Waals surface area (Å²) in [5.41, 5.74) is -0.146. The number of esters is 1. The number of nitrogens with one attached hydrogen (secondary N) is 1. The minimum absolute atomic E-state index is 0.0355. The highest BCUT2D eigenvalue weighted by atomic mass is 79.9. The van der Waals surface area contributed by atoms with Gasteiger partial charge in [-0.15, -0.1) is 13.2 Å². The van der Waals surface area contributed by atoms with Crippen LogP contribution in [0.5, 0.6) is 0 Å².